The first kappa shape index (κ1) is 21.8. The third-order valence-corrected chi connectivity index (χ3v) is 7.39. The van der Waals surface area contributed by atoms with Gasteiger partial charge in [0.05, 0.1) is 6.42 Å². The van der Waals surface area contributed by atoms with E-state index < -0.39 is 47.7 Å². The summed E-state index contributed by atoms with van der Waals surface area (Å²) in [5, 5.41) is 5.46. The smallest absolute Gasteiger partial charge is 0.312 e. The minimum Gasteiger partial charge on any atom is -0.345 e. The molecule has 1 aliphatic carbocycles. The number of amides is 4. The van der Waals surface area contributed by atoms with E-state index in [9.17, 15) is 19.2 Å². The van der Waals surface area contributed by atoms with Crippen LogP contribution in [0, 0.1) is 12.0 Å². The fraction of sp³-hybridized carbons (Fsp3) is 0.593. The van der Waals surface area contributed by atoms with Gasteiger partial charge in [-0.25, -0.2) is 6.57 Å². The minimum atomic E-state index is -3.10. The lowest BCUT2D eigenvalue weighted by Crippen LogP contribution is -2.55. The Labute approximate surface area is 216 Å². The SMILES string of the molecule is [2H]C([2H])([2H])N(C(=O)C(=O)NC1CCCC1)[C@@H](CC(C)(C)C)C(=O)N1C[C@]2(C[C@H]1[N+]#[C-])C(=O)Nc1ccccc12. The summed E-state index contributed by atoms with van der Waals surface area (Å²) >= 11 is 0. The van der Waals surface area contributed by atoms with E-state index >= 15 is 0 Å². The van der Waals surface area contributed by atoms with Gasteiger partial charge in [0.1, 0.15) is 11.5 Å². The molecule has 2 heterocycles. The summed E-state index contributed by atoms with van der Waals surface area (Å²) in [6.07, 6.45) is 2.13. The predicted octanol–water partition coefficient (Wildman–Crippen LogP) is 2.68. The predicted molar refractivity (Wildman–Crippen MR) is 134 cm³/mol. The zero-order valence-corrected chi connectivity index (χ0v) is 21.0. The van der Waals surface area contributed by atoms with Gasteiger partial charge in [-0.15, -0.1) is 0 Å². The minimum absolute atomic E-state index is 0.0389. The zero-order valence-electron chi connectivity index (χ0n) is 24.0. The second kappa shape index (κ2) is 9.57. The molecule has 1 saturated carbocycles. The van der Waals surface area contributed by atoms with Crippen LogP contribution in [0.3, 0.4) is 0 Å². The number of carbonyl (C=O) groups excluding carboxylic acids is 4. The Morgan fingerprint density at radius 1 is 1.31 bits per heavy atom. The molecule has 2 fully saturated rings. The van der Waals surface area contributed by atoms with Crippen LogP contribution in [0.4, 0.5) is 5.69 Å². The summed E-state index contributed by atoms with van der Waals surface area (Å²) < 4.78 is 24.4. The van der Waals surface area contributed by atoms with Crippen LogP contribution in [-0.4, -0.2) is 65.2 Å². The van der Waals surface area contributed by atoms with Crippen molar-refractivity contribution in [3.8, 4) is 0 Å². The maximum atomic E-state index is 14.2. The first-order valence-corrected chi connectivity index (χ1v) is 12.4. The molecule has 4 rings (SSSR count). The highest BCUT2D eigenvalue weighted by molar-refractivity contribution is 6.35. The highest BCUT2D eigenvalue weighted by Gasteiger charge is 2.59. The van der Waals surface area contributed by atoms with Gasteiger partial charge < -0.3 is 15.5 Å². The summed E-state index contributed by atoms with van der Waals surface area (Å²) in [5.74, 6) is -3.46. The first-order valence-electron chi connectivity index (χ1n) is 13.9. The molecular formula is C27H35N5O4. The van der Waals surface area contributed by atoms with E-state index in [0.717, 1.165) is 12.8 Å². The summed E-state index contributed by atoms with van der Waals surface area (Å²) in [4.78, 5) is 58.9. The van der Waals surface area contributed by atoms with E-state index in [4.69, 9.17) is 10.7 Å². The molecule has 2 N–H and O–H groups in total. The van der Waals surface area contributed by atoms with Crippen molar-refractivity contribution in [3.05, 3.63) is 41.2 Å². The molecule has 3 atom stereocenters. The van der Waals surface area contributed by atoms with Gasteiger partial charge in [-0.2, -0.15) is 0 Å². The van der Waals surface area contributed by atoms with Crippen molar-refractivity contribution >= 4 is 29.3 Å². The van der Waals surface area contributed by atoms with Gasteiger partial charge >= 0.3 is 18.0 Å². The number of likely N-dealkylation sites (N-methyl/N-ethyl adjacent to an activating group) is 1. The maximum absolute atomic E-state index is 14.2. The number of fused-ring (bicyclic) bond motifs is 2. The van der Waals surface area contributed by atoms with Crippen molar-refractivity contribution in [1.82, 2.24) is 15.1 Å². The van der Waals surface area contributed by atoms with Crippen LogP contribution in [-0.2, 0) is 24.6 Å². The molecular weight excluding hydrogens is 458 g/mol. The molecule has 3 aliphatic rings. The van der Waals surface area contributed by atoms with Gasteiger partial charge in [0.2, 0.25) is 5.91 Å². The lowest BCUT2D eigenvalue weighted by molar-refractivity contribution is -0.152. The molecule has 9 heteroatoms. The highest BCUT2D eigenvalue weighted by Crippen LogP contribution is 2.47. The number of anilines is 1. The number of rotatable bonds is 4. The van der Waals surface area contributed by atoms with Crippen LogP contribution in [0.15, 0.2) is 24.3 Å². The normalized spacial score (nSPS) is 25.8. The Kier molecular flexibility index (Phi) is 5.80. The Morgan fingerprint density at radius 3 is 2.64 bits per heavy atom. The lowest BCUT2D eigenvalue weighted by Gasteiger charge is -2.34. The molecule has 0 unspecified atom stereocenters. The molecule has 1 saturated heterocycles. The maximum Gasteiger partial charge on any atom is 0.312 e. The van der Waals surface area contributed by atoms with E-state index in [1.54, 1.807) is 45.0 Å². The standard InChI is InChI=1S/C27H35N5O4/c1-26(2,3)14-20(31(5)24(35)22(33)29-17-10-6-7-11-17)23(34)32-16-27(15-21(32)28-4)18-12-8-9-13-19(18)30-25(27)36/h8-9,12-13,17,20-21H,6-7,10-11,14-16H2,1-3,5H3,(H,29,33)(H,30,36)/t20-,21-,27-/m0/s1/i5D3. The number of hydrogen-bond donors (Lipinski definition) is 2. The quantitative estimate of drug-likeness (QED) is 0.494. The van der Waals surface area contributed by atoms with Gasteiger partial charge in [-0.1, -0.05) is 51.8 Å². The number of likely N-dealkylation sites (tertiary alicyclic amines) is 1. The van der Waals surface area contributed by atoms with Crippen LogP contribution >= 0.6 is 0 Å². The molecule has 0 bridgehead atoms. The van der Waals surface area contributed by atoms with E-state index in [0.29, 0.717) is 29.0 Å². The molecule has 36 heavy (non-hydrogen) atoms. The van der Waals surface area contributed by atoms with Gasteiger partial charge in [-0.3, -0.25) is 28.9 Å². The molecule has 9 nitrogen and oxygen atoms in total. The molecule has 0 radical (unpaired) electrons. The van der Waals surface area contributed by atoms with Crippen LogP contribution in [0.25, 0.3) is 4.85 Å². The van der Waals surface area contributed by atoms with Gasteiger partial charge in [0, 0.05) is 29.4 Å². The van der Waals surface area contributed by atoms with Crippen molar-refractivity contribution in [2.75, 3.05) is 18.8 Å². The largest absolute Gasteiger partial charge is 0.345 e. The molecule has 192 valence electrons. The van der Waals surface area contributed by atoms with Crippen LogP contribution < -0.4 is 10.6 Å². The summed E-state index contributed by atoms with van der Waals surface area (Å²) in [6.45, 7) is 9.95. The Morgan fingerprint density at radius 2 is 2.00 bits per heavy atom. The number of nitrogens with one attached hydrogen (secondary N) is 2. The van der Waals surface area contributed by atoms with Gasteiger partial charge in [0.25, 0.3) is 5.91 Å². The van der Waals surface area contributed by atoms with Crippen molar-refractivity contribution in [1.29, 1.82) is 0 Å². The number of hydrogen-bond acceptors (Lipinski definition) is 4. The number of carbonyl (C=O) groups is 4. The zero-order chi connectivity index (χ0) is 28.8. The third-order valence-electron chi connectivity index (χ3n) is 7.39. The monoisotopic (exact) mass is 496 g/mol. The number of para-hydroxylation sites is 1. The van der Waals surface area contributed by atoms with E-state index in [1.807, 2.05) is 0 Å². The lowest BCUT2D eigenvalue weighted by atomic mass is 9.80. The molecule has 1 aromatic carbocycles. The summed E-state index contributed by atoms with van der Waals surface area (Å²) in [7, 11) is 0. The third kappa shape index (κ3) is 4.69. The second-order valence-corrected chi connectivity index (χ2v) is 11.3. The molecule has 1 aromatic rings. The van der Waals surface area contributed by atoms with E-state index in [1.165, 1.54) is 4.90 Å². The van der Waals surface area contributed by atoms with Crippen molar-refractivity contribution in [3.63, 3.8) is 0 Å². The molecule has 4 amide bonds. The Hall–Kier alpha value is -3.41. The number of nitrogens with zero attached hydrogens (tertiary/aromatic N) is 3. The molecule has 1 spiro atoms. The fourth-order valence-electron chi connectivity index (χ4n) is 5.58. The summed E-state index contributed by atoms with van der Waals surface area (Å²) in [6, 6.07) is 5.32. The van der Waals surface area contributed by atoms with Crippen LogP contribution in [0.2, 0.25) is 0 Å². The molecule has 0 aromatic heterocycles. The summed E-state index contributed by atoms with van der Waals surface area (Å²) in [5.41, 5.74) is -0.503. The topological polar surface area (TPSA) is 103 Å². The second-order valence-electron chi connectivity index (χ2n) is 11.3. The Bertz CT molecular complexity index is 1210. The van der Waals surface area contributed by atoms with Crippen LogP contribution in [0.1, 0.15) is 69.0 Å². The Balaban J connectivity index is 1.70. The first-order chi connectivity index (χ1) is 18.2. The van der Waals surface area contributed by atoms with Crippen LogP contribution in [0.5, 0.6) is 0 Å². The highest BCUT2D eigenvalue weighted by atomic mass is 16.2. The van der Waals surface area contributed by atoms with E-state index in [-0.39, 0.29) is 31.3 Å². The average Bonchev–Trinajstić information content (AvgIpc) is 3.55. The van der Waals surface area contributed by atoms with Crippen molar-refractivity contribution in [2.45, 2.75) is 83.0 Å². The molecule has 2 aliphatic heterocycles. The fourth-order valence-corrected chi connectivity index (χ4v) is 5.58. The average molecular weight is 497 g/mol. The van der Waals surface area contributed by atoms with E-state index in [2.05, 4.69) is 15.5 Å². The van der Waals surface area contributed by atoms with Crippen molar-refractivity contribution in [2.24, 2.45) is 5.41 Å². The van der Waals surface area contributed by atoms with Crippen molar-refractivity contribution < 1.29 is 23.3 Å². The van der Waals surface area contributed by atoms with Gasteiger partial charge in [-0.05, 0) is 36.3 Å². The van der Waals surface area contributed by atoms with Gasteiger partial charge in [0.15, 0.2) is 0 Å². The number of benzene rings is 1.